The minimum absolute atomic E-state index is 0.466. The van der Waals surface area contributed by atoms with Gasteiger partial charge in [0.05, 0.1) is 11.8 Å². The zero-order chi connectivity index (χ0) is 11.5. The predicted molar refractivity (Wildman–Crippen MR) is 63.4 cm³/mol. The summed E-state index contributed by atoms with van der Waals surface area (Å²) < 4.78 is 1.65. The molecule has 2 aromatic rings. The number of aryl methyl sites for hydroxylation is 2. The lowest BCUT2D eigenvalue weighted by Crippen LogP contribution is -2.02. The second-order valence-corrected chi connectivity index (χ2v) is 4.71. The molecule has 2 aromatic heterocycles. The molecule has 0 saturated heterocycles. The summed E-state index contributed by atoms with van der Waals surface area (Å²) in [5, 5.41) is 20.0. The highest BCUT2D eigenvalue weighted by Crippen LogP contribution is 2.27. The fourth-order valence-corrected chi connectivity index (χ4v) is 2.69. The van der Waals surface area contributed by atoms with Crippen molar-refractivity contribution < 1.29 is 5.11 Å². The highest BCUT2D eigenvalue weighted by Gasteiger charge is 2.15. The number of aliphatic hydroxyl groups is 1. The zero-order valence-electron chi connectivity index (χ0n) is 9.42. The Morgan fingerprint density at radius 1 is 1.56 bits per heavy atom. The molecule has 1 N–H and O–H groups in total. The van der Waals surface area contributed by atoms with Gasteiger partial charge in [0.15, 0.2) is 0 Å². The first-order valence-corrected chi connectivity index (χ1v) is 6.18. The Morgan fingerprint density at radius 3 is 3.00 bits per heavy atom. The van der Waals surface area contributed by atoms with E-state index in [2.05, 4.69) is 23.3 Å². The number of aliphatic hydroxyl groups excluding tert-OH is 1. The number of nitrogens with zero attached hydrogens (tertiary/aromatic N) is 3. The van der Waals surface area contributed by atoms with Gasteiger partial charge in [-0.05, 0) is 23.4 Å². The molecule has 0 aromatic carbocycles. The predicted octanol–water partition coefficient (Wildman–Crippen LogP) is 1.72. The molecule has 0 bridgehead atoms. The largest absolute Gasteiger partial charge is 0.387 e. The molecule has 1 unspecified atom stereocenters. The standard InChI is InChI=1S/C11H15N3OS/c1-3-8-4-5-16-11(8)10(15)6-9-7-14(2)13-12-9/h4-5,7,10,15H,3,6H2,1-2H3. The lowest BCUT2D eigenvalue weighted by atomic mass is 10.1. The van der Waals surface area contributed by atoms with Gasteiger partial charge in [0.25, 0.3) is 0 Å². The molecule has 0 aliphatic heterocycles. The number of aromatic nitrogens is 3. The molecule has 2 rings (SSSR count). The number of hydrogen-bond donors (Lipinski definition) is 1. The quantitative estimate of drug-likeness (QED) is 0.880. The van der Waals surface area contributed by atoms with Crippen molar-refractivity contribution in [3.8, 4) is 0 Å². The summed E-state index contributed by atoms with van der Waals surface area (Å²) in [6.45, 7) is 2.10. The zero-order valence-corrected chi connectivity index (χ0v) is 10.2. The molecule has 0 aliphatic carbocycles. The third-order valence-electron chi connectivity index (χ3n) is 2.52. The van der Waals surface area contributed by atoms with Crippen LogP contribution in [-0.4, -0.2) is 20.1 Å². The fourth-order valence-electron chi connectivity index (χ4n) is 1.71. The van der Waals surface area contributed by atoms with E-state index in [1.165, 1.54) is 5.56 Å². The van der Waals surface area contributed by atoms with Gasteiger partial charge < -0.3 is 5.11 Å². The van der Waals surface area contributed by atoms with Gasteiger partial charge in [-0.25, -0.2) is 0 Å². The van der Waals surface area contributed by atoms with E-state index >= 15 is 0 Å². The fraction of sp³-hybridized carbons (Fsp3) is 0.455. The number of rotatable bonds is 4. The van der Waals surface area contributed by atoms with Crippen LogP contribution in [0, 0.1) is 0 Å². The molecule has 0 spiro atoms. The van der Waals surface area contributed by atoms with E-state index in [-0.39, 0.29) is 0 Å². The summed E-state index contributed by atoms with van der Waals surface area (Å²) in [4.78, 5) is 1.05. The third-order valence-corrected chi connectivity index (χ3v) is 3.58. The molecular weight excluding hydrogens is 222 g/mol. The summed E-state index contributed by atoms with van der Waals surface area (Å²) in [6.07, 6.45) is 2.85. The smallest absolute Gasteiger partial charge is 0.0941 e. The molecule has 0 radical (unpaired) electrons. The second kappa shape index (κ2) is 4.76. The average molecular weight is 237 g/mol. The SMILES string of the molecule is CCc1ccsc1C(O)Cc1cn(C)nn1. The molecule has 5 heteroatoms. The van der Waals surface area contributed by atoms with E-state index in [9.17, 15) is 5.11 Å². The van der Waals surface area contributed by atoms with Gasteiger partial charge in [0, 0.05) is 24.5 Å². The summed E-state index contributed by atoms with van der Waals surface area (Å²) in [6, 6.07) is 2.07. The maximum Gasteiger partial charge on any atom is 0.0941 e. The summed E-state index contributed by atoms with van der Waals surface area (Å²) >= 11 is 1.60. The van der Waals surface area contributed by atoms with E-state index in [1.54, 1.807) is 16.0 Å². The molecule has 4 nitrogen and oxygen atoms in total. The maximum absolute atomic E-state index is 10.1. The van der Waals surface area contributed by atoms with Crippen LogP contribution in [0.3, 0.4) is 0 Å². The van der Waals surface area contributed by atoms with Gasteiger partial charge >= 0.3 is 0 Å². The van der Waals surface area contributed by atoms with Crippen LogP contribution in [0.2, 0.25) is 0 Å². The number of hydrogen-bond acceptors (Lipinski definition) is 4. The van der Waals surface area contributed by atoms with Crippen LogP contribution in [-0.2, 0) is 19.9 Å². The first-order chi connectivity index (χ1) is 7.70. The Balaban J connectivity index is 2.11. The Labute approximate surface area is 98.5 Å². The highest BCUT2D eigenvalue weighted by atomic mass is 32.1. The molecule has 0 amide bonds. The van der Waals surface area contributed by atoms with Crippen LogP contribution in [0.25, 0.3) is 0 Å². The second-order valence-electron chi connectivity index (χ2n) is 3.77. The average Bonchev–Trinajstić information content (AvgIpc) is 2.86. The van der Waals surface area contributed by atoms with E-state index < -0.39 is 6.10 Å². The third kappa shape index (κ3) is 2.31. The first-order valence-electron chi connectivity index (χ1n) is 5.30. The van der Waals surface area contributed by atoms with E-state index in [4.69, 9.17) is 0 Å². The van der Waals surface area contributed by atoms with Crippen molar-refractivity contribution in [3.05, 3.63) is 33.8 Å². The normalized spacial score (nSPS) is 12.9. The van der Waals surface area contributed by atoms with Crippen LogP contribution in [0.15, 0.2) is 17.6 Å². The first kappa shape index (κ1) is 11.3. The van der Waals surface area contributed by atoms with E-state index in [1.807, 2.05) is 18.6 Å². The molecular formula is C11H15N3OS. The molecule has 16 heavy (non-hydrogen) atoms. The molecule has 0 fully saturated rings. The summed E-state index contributed by atoms with van der Waals surface area (Å²) in [7, 11) is 1.82. The van der Waals surface area contributed by atoms with Gasteiger partial charge in [-0.15, -0.1) is 16.4 Å². The lowest BCUT2D eigenvalue weighted by molar-refractivity contribution is 0.180. The van der Waals surface area contributed by atoms with Gasteiger partial charge in [-0.1, -0.05) is 12.1 Å². The van der Waals surface area contributed by atoms with Crippen molar-refractivity contribution in [1.82, 2.24) is 15.0 Å². The minimum atomic E-state index is -0.466. The summed E-state index contributed by atoms with van der Waals surface area (Å²) in [5.41, 5.74) is 2.05. The van der Waals surface area contributed by atoms with Gasteiger partial charge in [0.2, 0.25) is 0 Å². The highest BCUT2D eigenvalue weighted by molar-refractivity contribution is 7.10. The van der Waals surface area contributed by atoms with Crippen molar-refractivity contribution in [3.63, 3.8) is 0 Å². The Hall–Kier alpha value is -1.20. The monoisotopic (exact) mass is 237 g/mol. The van der Waals surface area contributed by atoms with Crippen molar-refractivity contribution in [1.29, 1.82) is 0 Å². The van der Waals surface area contributed by atoms with Crippen LogP contribution >= 0.6 is 11.3 Å². The Bertz CT molecular complexity index is 463. The molecule has 86 valence electrons. The van der Waals surface area contributed by atoms with Crippen LogP contribution in [0.5, 0.6) is 0 Å². The topological polar surface area (TPSA) is 50.9 Å². The Morgan fingerprint density at radius 2 is 2.38 bits per heavy atom. The lowest BCUT2D eigenvalue weighted by Gasteiger charge is -2.08. The van der Waals surface area contributed by atoms with Crippen molar-refractivity contribution in [2.24, 2.45) is 7.05 Å². The number of thiophene rings is 1. The van der Waals surface area contributed by atoms with Crippen molar-refractivity contribution in [2.75, 3.05) is 0 Å². The summed E-state index contributed by atoms with van der Waals surface area (Å²) in [5.74, 6) is 0. The van der Waals surface area contributed by atoms with Gasteiger partial charge in [-0.2, -0.15) is 0 Å². The minimum Gasteiger partial charge on any atom is -0.387 e. The van der Waals surface area contributed by atoms with Crippen LogP contribution in [0.1, 0.15) is 29.2 Å². The van der Waals surface area contributed by atoms with Gasteiger partial charge in [0.1, 0.15) is 0 Å². The van der Waals surface area contributed by atoms with Crippen molar-refractivity contribution in [2.45, 2.75) is 25.9 Å². The molecule has 1 atom stereocenters. The Kier molecular flexibility index (Phi) is 3.36. The van der Waals surface area contributed by atoms with Crippen molar-refractivity contribution >= 4 is 11.3 Å². The maximum atomic E-state index is 10.1. The van der Waals surface area contributed by atoms with E-state index in [0.29, 0.717) is 6.42 Å². The molecule has 0 saturated carbocycles. The van der Waals surface area contributed by atoms with Crippen LogP contribution in [0.4, 0.5) is 0 Å². The van der Waals surface area contributed by atoms with Gasteiger partial charge in [-0.3, -0.25) is 4.68 Å². The molecule has 2 heterocycles. The van der Waals surface area contributed by atoms with E-state index in [0.717, 1.165) is 17.0 Å². The molecule has 0 aliphatic rings. The van der Waals surface area contributed by atoms with Crippen LogP contribution < -0.4 is 0 Å².